The Labute approximate surface area is 127 Å². The Balaban J connectivity index is 2.40. The van der Waals surface area contributed by atoms with Gasteiger partial charge in [-0.3, -0.25) is 0 Å². The van der Waals surface area contributed by atoms with E-state index in [1.165, 1.54) is 16.4 Å². The molecule has 1 heterocycles. The van der Waals surface area contributed by atoms with Crippen molar-refractivity contribution in [2.24, 2.45) is 5.92 Å². The number of hydrogen-bond acceptors (Lipinski definition) is 3. The van der Waals surface area contributed by atoms with Crippen molar-refractivity contribution < 1.29 is 12.8 Å². The van der Waals surface area contributed by atoms with Crippen LogP contribution in [0.1, 0.15) is 26.2 Å². The van der Waals surface area contributed by atoms with E-state index >= 15 is 0 Å². The van der Waals surface area contributed by atoms with Crippen molar-refractivity contribution in [3.8, 4) is 0 Å². The number of sulfonamides is 1. The third-order valence-electron chi connectivity index (χ3n) is 3.69. The maximum absolute atomic E-state index is 14.1. The van der Waals surface area contributed by atoms with E-state index < -0.39 is 15.8 Å². The van der Waals surface area contributed by atoms with Gasteiger partial charge in [0.25, 0.3) is 0 Å². The lowest BCUT2D eigenvalue weighted by molar-refractivity contribution is 0.261. The molecular formula is C13H18BrFN2O2S. The average molecular weight is 365 g/mol. The van der Waals surface area contributed by atoms with Crippen LogP contribution >= 0.6 is 15.9 Å². The zero-order chi connectivity index (χ0) is 14.9. The molecule has 0 radical (unpaired) electrons. The molecule has 0 saturated carbocycles. The first-order valence-electron chi connectivity index (χ1n) is 6.61. The highest BCUT2D eigenvalue weighted by Crippen LogP contribution is 2.31. The van der Waals surface area contributed by atoms with Gasteiger partial charge in [-0.15, -0.1) is 0 Å². The van der Waals surface area contributed by atoms with Crippen LogP contribution in [0.3, 0.4) is 0 Å². The molecule has 1 aromatic carbocycles. The molecule has 7 heteroatoms. The minimum atomic E-state index is -3.83. The van der Waals surface area contributed by atoms with Crippen LogP contribution in [0.15, 0.2) is 21.5 Å². The van der Waals surface area contributed by atoms with Crippen molar-refractivity contribution in [3.63, 3.8) is 0 Å². The molecule has 1 saturated heterocycles. The molecule has 1 unspecified atom stereocenters. The summed E-state index contributed by atoms with van der Waals surface area (Å²) in [6.07, 6.45) is 2.75. The fraction of sp³-hybridized carbons (Fsp3) is 0.538. The number of rotatable bonds is 3. The first-order chi connectivity index (χ1) is 9.36. The fourth-order valence-corrected chi connectivity index (χ4v) is 4.77. The normalized spacial score (nSPS) is 21.1. The smallest absolute Gasteiger partial charge is 0.246 e. The van der Waals surface area contributed by atoms with E-state index in [1.807, 2.05) is 6.92 Å². The number of halogens is 2. The number of anilines is 1. The lowest BCUT2D eigenvalue weighted by Crippen LogP contribution is -2.40. The molecule has 20 heavy (non-hydrogen) atoms. The molecule has 4 nitrogen and oxygen atoms in total. The van der Waals surface area contributed by atoms with Gasteiger partial charge in [-0.05, 0) is 46.8 Å². The van der Waals surface area contributed by atoms with E-state index in [1.54, 1.807) is 0 Å². The van der Waals surface area contributed by atoms with Gasteiger partial charge in [0.2, 0.25) is 10.0 Å². The van der Waals surface area contributed by atoms with Crippen LogP contribution in [0.2, 0.25) is 0 Å². The third-order valence-corrected chi connectivity index (χ3v) is 6.14. The zero-order valence-corrected chi connectivity index (χ0v) is 13.7. The molecular weight excluding hydrogens is 347 g/mol. The topological polar surface area (TPSA) is 63.4 Å². The summed E-state index contributed by atoms with van der Waals surface area (Å²) in [5.74, 6) is -0.441. The maximum Gasteiger partial charge on any atom is 0.246 e. The molecule has 2 rings (SSSR count). The minimum absolute atomic E-state index is 0.0696. The summed E-state index contributed by atoms with van der Waals surface area (Å²) in [6.45, 7) is 2.92. The minimum Gasteiger partial charge on any atom is -0.399 e. The standard InChI is InChI=1S/C13H18BrFN2O2S/c1-2-9-4-3-5-17(8-9)20(18,19)12-7-10(16)6-11(14)13(12)15/h6-7,9H,2-5,8,16H2,1H3. The Morgan fingerprint density at radius 1 is 1.50 bits per heavy atom. The van der Waals surface area contributed by atoms with Gasteiger partial charge in [-0.2, -0.15) is 4.31 Å². The number of nitrogens with two attached hydrogens (primary N) is 1. The predicted molar refractivity (Wildman–Crippen MR) is 80.3 cm³/mol. The second-order valence-electron chi connectivity index (χ2n) is 5.09. The summed E-state index contributed by atoms with van der Waals surface area (Å²) >= 11 is 3.00. The Bertz CT molecular complexity index is 607. The Morgan fingerprint density at radius 2 is 2.20 bits per heavy atom. The zero-order valence-electron chi connectivity index (χ0n) is 11.3. The first kappa shape index (κ1) is 15.7. The number of hydrogen-bond donors (Lipinski definition) is 1. The molecule has 0 spiro atoms. The third kappa shape index (κ3) is 2.99. The molecule has 1 fully saturated rings. The van der Waals surface area contributed by atoms with Gasteiger partial charge in [0.15, 0.2) is 5.82 Å². The van der Waals surface area contributed by atoms with E-state index in [9.17, 15) is 12.8 Å². The van der Waals surface area contributed by atoms with Gasteiger partial charge in [0, 0.05) is 18.8 Å². The van der Waals surface area contributed by atoms with Crippen molar-refractivity contribution >= 4 is 31.6 Å². The second kappa shape index (κ2) is 5.99. The average Bonchev–Trinajstić information content (AvgIpc) is 2.42. The van der Waals surface area contributed by atoms with Crippen LogP contribution in [0.4, 0.5) is 10.1 Å². The van der Waals surface area contributed by atoms with Crippen molar-refractivity contribution in [1.29, 1.82) is 0 Å². The summed E-state index contributed by atoms with van der Waals surface area (Å²) in [5.41, 5.74) is 5.85. The van der Waals surface area contributed by atoms with E-state index in [0.717, 1.165) is 19.3 Å². The van der Waals surface area contributed by atoms with E-state index in [4.69, 9.17) is 5.73 Å². The highest BCUT2D eigenvalue weighted by molar-refractivity contribution is 9.10. The van der Waals surface area contributed by atoms with Crippen LogP contribution in [-0.4, -0.2) is 25.8 Å². The van der Waals surface area contributed by atoms with Crippen LogP contribution in [0, 0.1) is 11.7 Å². The van der Waals surface area contributed by atoms with Crippen LogP contribution in [0.5, 0.6) is 0 Å². The molecule has 112 valence electrons. The van der Waals surface area contributed by atoms with E-state index in [0.29, 0.717) is 19.0 Å². The summed E-state index contributed by atoms with van der Waals surface area (Å²) in [4.78, 5) is -0.346. The van der Waals surface area contributed by atoms with Gasteiger partial charge in [-0.1, -0.05) is 13.3 Å². The lowest BCUT2D eigenvalue weighted by atomic mass is 9.97. The van der Waals surface area contributed by atoms with E-state index in [2.05, 4.69) is 15.9 Å². The largest absolute Gasteiger partial charge is 0.399 e. The Kier molecular flexibility index (Phi) is 4.71. The molecule has 1 aliphatic heterocycles. The molecule has 1 aliphatic rings. The van der Waals surface area contributed by atoms with Gasteiger partial charge in [0.05, 0.1) is 4.47 Å². The molecule has 1 aromatic rings. The van der Waals surface area contributed by atoms with Gasteiger partial charge in [-0.25, -0.2) is 12.8 Å². The van der Waals surface area contributed by atoms with Crippen molar-refractivity contribution in [3.05, 3.63) is 22.4 Å². The van der Waals surface area contributed by atoms with Gasteiger partial charge < -0.3 is 5.73 Å². The van der Waals surface area contributed by atoms with Crippen LogP contribution in [0.25, 0.3) is 0 Å². The quantitative estimate of drug-likeness (QED) is 0.838. The number of piperidine rings is 1. The highest BCUT2D eigenvalue weighted by Gasteiger charge is 2.32. The monoisotopic (exact) mass is 364 g/mol. The molecule has 0 amide bonds. The molecule has 0 bridgehead atoms. The van der Waals surface area contributed by atoms with Gasteiger partial charge in [0.1, 0.15) is 4.90 Å². The number of nitrogens with zero attached hydrogens (tertiary/aromatic N) is 1. The first-order valence-corrected chi connectivity index (χ1v) is 8.84. The summed E-state index contributed by atoms with van der Waals surface area (Å²) in [6, 6.07) is 2.55. The van der Waals surface area contributed by atoms with Gasteiger partial charge >= 0.3 is 0 Å². The number of benzene rings is 1. The van der Waals surface area contributed by atoms with Crippen LogP contribution < -0.4 is 5.73 Å². The van der Waals surface area contributed by atoms with Crippen molar-refractivity contribution in [2.45, 2.75) is 31.1 Å². The van der Waals surface area contributed by atoms with Crippen molar-refractivity contribution in [2.75, 3.05) is 18.8 Å². The molecule has 2 N–H and O–H groups in total. The Hall–Kier alpha value is -0.660. The summed E-state index contributed by atoms with van der Waals surface area (Å²) in [5, 5.41) is 0. The molecule has 0 aromatic heterocycles. The summed E-state index contributed by atoms with van der Waals surface area (Å²) < 4.78 is 40.7. The number of nitrogen functional groups attached to an aromatic ring is 1. The maximum atomic E-state index is 14.1. The second-order valence-corrected chi connectivity index (χ2v) is 7.86. The molecule has 0 aliphatic carbocycles. The molecule has 1 atom stereocenters. The van der Waals surface area contributed by atoms with Crippen LogP contribution in [-0.2, 0) is 10.0 Å². The highest BCUT2D eigenvalue weighted by atomic mass is 79.9. The fourth-order valence-electron chi connectivity index (χ4n) is 2.49. The van der Waals surface area contributed by atoms with Crippen molar-refractivity contribution in [1.82, 2.24) is 4.31 Å². The summed E-state index contributed by atoms with van der Waals surface area (Å²) in [7, 11) is -3.83. The van der Waals surface area contributed by atoms with E-state index in [-0.39, 0.29) is 15.1 Å². The Morgan fingerprint density at radius 3 is 2.85 bits per heavy atom. The lowest BCUT2D eigenvalue weighted by Gasteiger charge is -2.31. The predicted octanol–water partition coefficient (Wildman–Crippen LogP) is 2.98. The SMILES string of the molecule is CCC1CCCN(S(=O)(=O)c2cc(N)cc(Br)c2F)C1.